The molecular formula is C13H22ClFN2. The molecule has 17 heavy (non-hydrogen) atoms. The predicted molar refractivity (Wildman–Crippen MR) is 74.8 cm³/mol. The molecule has 4 heteroatoms. The monoisotopic (exact) mass is 260 g/mol. The van der Waals surface area contributed by atoms with Crippen LogP contribution in [0, 0.1) is 0 Å². The van der Waals surface area contributed by atoms with Gasteiger partial charge in [0.1, 0.15) is 0 Å². The van der Waals surface area contributed by atoms with Crippen LogP contribution in [0.4, 0.5) is 10.1 Å². The zero-order chi connectivity index (χ0) is 12.0. The van der Waals surface area contributed by atoms with Crippen molar-refractivity contribution in [3.05, 3.63) is 29.8 Å². The van der Waals surface area contributed by atoms with E-state index in [0.717, 1.165) is 18.7 Å². The molecule has 0 aromatic heterocycles. The van der Waals surface area contributed by atoms with Gasteiger partial charge in [-0.05, 0) is 38.0 Å². The Balaban J connectivity index is 0.00000256. The van der Waals surface area contributed by atoms with E-state index >= 15 is 0 Å². The van der Waals surface area contributed by atoms with Crippen LogP contribution in [0.2, 0.25) is 0 Å². The fraction of sp³-hybridized carbons (Fsp3) is 0.538. The number of rotatable bonds is 6. The van der Waals surface area contributed by atoms with Gasteiger partial charge in [-0.15, -0.1) is 12.4 Å². The van der Waals surface area contributed by atoms with Crippen molar-refractivity contribution in [1.82, 2.24) is 0 Å². The van der Waals surface area contributed by atoms with Crippen molar-refractivity contribution in [3.8, 4) is 0 Å². The highest BCUT2D eigenvalue weighted by molar-refractivity contribution is 5.85. The number of nitrogens with zero attached hydrogens (tertiary/aromatic N) is 1. The number of anilines is 1. The number of nitrogens with two attached hydrogens (primary N) is 1. The molecule has 1 aromatic rings. The molecule has 0 amide bonds. The summed E-state index contributed by atoms with van der Waals surface area (Å²) in [6.07, 6.45) is 0.393. The summed E-state index contributed by atoms with van der Waals surface area (Å²) in [4.78, 5) is 2.27. The van der Waals surface area contributed by atoms with E-state index in [2.05, 4.69) is 30.9 Å². The van der Waals surface area contributed by atoms with Gasteiger partial charge in [-0.25, -0.2) is 0 Å². The van der Waals surface area contributed by atoms with Gasteiger partial charge in [0.05, 0.1) is 6.67 Å². The standard InChI is InChI=1S/C13H21FN2.ClH/c1-3-16(4-2)12-7-5-11(6-8-12)13(15)9-10-14;/h5-8,13H,3-4,9-10,15H2,1-2H3;1H/t13-;/m1./s1. The third-order valence-corrected chi connectivity index (χ3v) is 2.87. The van der Waals surface area contributed by atoms with Gasteiger partial charge in [0.15, 0.2) is 0 Å². The largest absolute Gasteiger partial charge is 0.372 e. The van der Waals surface area contributed by atoms with Crippen LogP contribution in [0.15, 0.2) is 24.3 Å². The molecule has 0 saturated carbocycles. The van der Waals surface area contributed by atoms with E-state index in [1.165, 1.54) is 5.69 Å². The van der Waals surface area contributed by atoms with E-state index in [1.54, 1.807) is 0 Å². The van der Waals surface area contributed by atoms with E-state index in [9.17, 15) is 4.39 Å². The molecular weight excluding hydrogens is 239 g/mol. The zero-order valence-corrected chi connectivity index (χ0v) is 11.3. The van der Waals surface area contributed by atoms with Gasteiger partial charge in [0.25, 0.3) is 0 Å². The Bertz CT molecular complexity index is 299. The Morgan fingerprint density at radius 1 is 1.18 bits per heavy atom. The SMILES string of the molecule is CCN(CC)c1ccc([C@H](N)CCF)cc1.Cl. The van der Waals surface area contributed by atoms with Crippen LogP contribution in [-0.4, -0.2) is 19.8 Å². The lowest BCUT2D eigenvalue weighted by Crippen LogP contribution is -2.21. The van der Waals surface area contributed by atoms with Gasteiger partial charge < -0.3 is 10.6 Å². The molecule has 0 spiro atoms. The summed E-state index contributed by atoms with van der Waals surface area (Å²) < 4.78 is 12.2. The van der Waals surface area contributed by atoms with Crippen molar-refractivity contribution in [3.63, 3.8) is 0 Å². The quantitative estimate of drug-likeness (QED) is 0.850. The predicted octanol–water partition coefficient (Wildman–Crippen LogP) is 3.31. The summed E-state index contributed by atoms with van der Waals surface area (Å²) in [6.45, 7) is 5.89. The highest BCUT2D eigenvalue weighted by Crippen LogP contribution is 2.19. The summed E-state index contributed by atoms with van der Waals surface area (Å²) >= 11 is 0. The Hall–Kier alpha value is -0.800. The van der Waals surface area contributed by atoms with E-state index in [-0.39, 0.29) is 25.1 Å². The maximum atomic E-state index is 12.2. The maximum absolute atomic E-state index is 12.2. The molecule has 1 atom stereocenters. The minimum Gasteiger partial charge on any atom is -0.372 e. The first-order valence-electron chi connectivity index (χ1n) is 5.89. The molecule has 0 unspecified atom stereocenters. The topological polar surface area (TPSA) is 29.3 Å². The number of alkyl halides is 1. The molecule has 98 valence electrons. The van der Waals surface area contributed by atoms with Crippen LogP contribution in [0.5, 0.6) is 0 Å². The number of hydrogen-bond acceptors (Lipinski definition) is 2. The van der Waals surface area contributed by atoms with Gasteiger partial charge in [-0.2, -0.15) is 0 Å². The number of benzene rings is 1. The normalized spacial score (nSPS) is 11.8. The molecule has 2 N–H and O–H groups in total. The van der Waals surface area contributed by atoms with E-state index in [0.29, 0.717) is 6.42 Å². The highest BCUT2D eigenvalue weighted by Gasteiger charge is 2.06. The van der Waals surface area contributed by atoms with Crippen LogP contribution in [0.1, 0.15) is 31.9 Å². The van der Waals surface area contributed by atoms with E-state index in [1.807, 2.05) is 12.1 Å². The van der Waals surface area contributed by atoms with Gasteiger partial charge in [0.2, 0.25) is 0 Å². The summed E-state index contributed by atoms with van der Waals surface area (Å²) in [6, 6.07) is 7.92. The Morgan fingerprint density at radius 3 is 2.12 bits per heavy atom. The van der Waals surface area contributed by atoms with Gasteiger partial charge >= 0.3 is 0 Å². The van der Waals surface area contributed by atoms with Crippen molar-refractivity contribution in [2.75, 3.05) is 24.7 Å². The first-order chi connectivity index (χ1) is 7.72. The minimum absolute atomic E-state index is 0. The van der Waals surface area contributed by atoms with Gasteiger partial charge in [-0.1, -0.05) is 12.1 Å². The average Bonchev–Trinajstić information content (AvgIpc) is 2.32. The third-order valence-electron chi connectivity index (χ3n) is 2.87. The number of hydrogen-bond donors (Lipinski definition) is 1. The average molecular weight is 261 g/mol. The molecule has 2 nitrogen and oxygen atoms in total. The summed E-state index contributed by atoms with van der Waals surface area (Å²) in [7, 11) is 0. The molecule has 0 saturated heterocycles. The lowest BCUT2D eigenvalue weighted by Gasteiger charge is -2.21. The minimum atomic E-state index is -0.362. The molecule has 1 rings (SSSR count). The summed E-state index contributed by atoms with van der Waals surface area (Å²) in [5.74, 6) is 0. The molecule has 0 aliphatic carbocycles. The summed E-state index contributed by atoms with van der Waals surface area (Å²) in [5.41, 5.74) is 8.05. The Labute approximate surface area is 109 Å². The molecule has 0 fully saturated rings. The van der Waals surface area contributed by atoms with Crippen molar-refractivity contribution in [2.45, 2.75) is 26.3 Å². The van der Waals surface area contributed by atoms with Crippen LogP contribution >= 0.6 is 12.4 Å². The molecule has 0 heterocycles. The number of halogens is 2. The van der Waals surface area contributed by atoms with Crippen LogP contribution in [0.25, 0.3) is 0 Å². The molecule has 0 aliphatic heterocycles. The molecule has 0 radical (unpaired) electrons. The van der Waals surface area contributed by atoms with E-state index < -0.39 is 0 Å². The third kappa shape index (κ3) is 4.52. The van der Waals surface area contributed by atoms with Crippen LogP contribution in [-0.2, 0) is 0 Å². The first kappa shape index (κ1) is 16.2. The lowest BCUT2D eigenvalue weighted by molar-refractivity contribution is 0.442. The lowest BCUT2D eigenvalue weighted by atomic mass is 10.0. The molecule has 0 aliphatic rings. The molecule has 1 aromatic carbocycles. The first-order valence-corrected chi connectivity index (χ1v) is 5.89. The summed E-state index contributed by atoms with van der Waals surface area (Å²) in [5, 5.41) is 0. The second kappa shape index (κ2) is 8.31. The van der Waals surface area contributed by atoms with Gasteiger partial charge in [-0.3, -0.25) is 4.39 Å². The maximum Gasteiger partial charge on any atom is 0.0912 e. The fourth-order valence-corrected chi connectivity index (χ4v) is 1.81. The second-order valence-corrected chi connectivity index (χ2v) is 3.85. The molecule has 0 bridgehead atoms. The second-order valence-electron chi connectivity index (χ2n) is 3.85. The van der Waals surface area contributed by atoms with Crippen molar-refractivity contribution < 1.29 is 4.39 Å². The highest BCUT2D eigenvalue weighted by atomic mass is 35.5. The Morgan fingerprint density at radius 2 is 1.71 bits per heavy atom. The smallest absolute Gasteiger partial charge is 0.0912 e. The Kier molecular flexibility index (Phi) is 7.92. The van der Waals surface area contributed by atoms with Crippen LogP contribution in [0.3, 0.4) is 0 Å². The van der Waals surface area contributed by atoms with Crippen molar-refractivity contribution in [2.24, 2.45) is 5.73 Å². The van der Waals surface area contributed by atoms with Crippen molar-refractivity contribution in [1.29, 1.82) is 0 Å². The fourth-order valence-electron chi connectivity index (χ4n) is 1.81. The zero-order valence-electron chi connectivity index (χ0n) is 10.5. The van der Waals surface area contributed by atoms with Crippen molar-refractivity contribution >= 4 is 18.1 Å². The van der Waals surface area contributed by atoms with Crippen LogP contribution < -0.4 is 10.6 Å². The van der Waals surface area contributed by atoms with Gasteiger partial charge in [0, 0.05) is 24.8 Å². The van der Waals surface area contributed by atoms with E-state index in [4.69, 9.17) is 5.73 Å².